The van der Waals surface area contributed by atoms with E-state index < -0.39 is 0 Å². The van der Waals surface area contributed by atoms with E-state index in [0.29, 0.717) is 28.6 Å². The number of carbonyl (C=O) groups is 2. The number of aromatic nitrogens is 1. The van der Waals surface area contributed by atoms with Crippen molar-refractivity contribution >= 4 is 23.5 Å². The zero-order chi connectivity index (χ0) is 17.1. The summed E-state index contributed by atoms with van der Waals surface area (Å²) >= 11 is 0. The van der Waals surface area contributed by atoms with Crippen LogP contribution in [0.2, 0.25) is 0 Å². The van der Waals surface area contributed by atoms with E-state index in [2.05, 4.69) is 15.6 Å². The highest BCUT2D eigenvalue weighted by Crippen LogP contribution is 2.29. The summed E-state index contributed by atoms with van der Waals surface area (Å²) in [5.74, 6) is 1.34. The van der Waals surface area contributed by atoms with Crippen LogP contribution in [-0.2, 0) is 4.79 Å². The number of ether oxygens (including phenoxy) is 3. The van der Waals surface area contributed by atoms with Crippen LogP contribution in [0.25, 0.3) is 0 Å². The van der Waals surface area contributed by atoms with Crippen LogP contribution in [0, 0.1) is 0 Å². The first-order chi connectivity index (χ1) is 11.6. The number of anilines is 2. The van der Waals surface area contributed by atoms with Crippen LogP contribution in [0.4, 0.5) is 11.6 Å². The van der Waals surface area contributed by atoms with Gasteiger partial charge in [0.15, 0.2) is 29.7 Å². The third-order valence-electron chi connectivity index (χ3n) is 3.36. The molecule has 0 bridgehead atoms. The molecule has 8 nitrogen and oxygen atoms in total. The summed E-state index contributed by atoms with van der Waals surface area (Å²) in [4.78, 5) is 27.8. The van der Waals surface area contributed by atoms with Gasteiger partial charge in [-0.3, -0.25) is 9.59 Å². The lowest BCUT2D eigenvalue weighted by Crippen LogP contribution is -2.26. The van der Waals surface area contributed by atoms with Gasteiger partial charge < -0.3 is 24.8 Å². The number of nitrogens with zero attached hydrogens (tertiary/aromatic N) is 1. The van der Waals surface area contributed by atoms with Gasteiger partial charge in [-0.1, -0.05) is 0 Å². The molecule has 0 atom stereocenters. The van der Waals surface area contributed by atoms with Gasteiger partial charge in [0.2, 0.25) is 0 Å². The number of amides is 2. The minimum absolute atomic E-state index is 0.0496. The average Bonchev–Trinajstić information content (AvgIpc) is 2.60. The molecule has 0 unspecified atom stereocenters. The summed E-state index contributed by atoms with van der Waals surface area (Å²) in [5.41, 5.74) is 0.382. The zero-order valence-electron chi connectivity index (χ0n) is 13.1. The van der Waals surface area contributed by atoms with Crippen molar-refractivity contribution in [2.75, 3.05) is 31.5 Å². The number of nitrogens with one attached hydrogen (secondary N) is 2. The van der Waals surface area contributed by atoms with Crippen LogP contribution in [0.3, 0.4) is 0 Å². The van der Waals surface area contributed by atoms with Gasteiger partial charge in [-0.25, -0.2) is 4.98 Å². The molecule has 2 amide bonds. The molecule has 8 heteroatoms. The molecule has 0 saturated carbocycles. The number of methoxy groups -OCH3 is 2. The van der Waals surface area contributed by atoms with Gasteiger partial charge in [0, 0.05) is 5.56 Å². The Hall–Kier alpha value is -3.29. The van der Waals surface area contributed by atoms with Gasteiger partial charge in [-0.2, -0.15) is 0 Å². The van der Waals surface area contributed by atoms with E-state index in [1.165, 1.54) is 14.2 Å². The van der Waals surface area contributed by atoms with Crippen molar-refractivity contribution in [3.63, 3.8) is 0 Å². The minimum atomic E-state index is -0.369. The fourth-order valence-electron chi connectivity index (χ4n) is 2.20. The molecule has 3 rings (SSSR count). The van der Waals surface area contributed by atoms with E-state index in [0.717, 1.165) is 0 Å². The summed E-state index contributed by atoms with van der Waals surface area (Å²) in [5, 5.41) is 5.24. The number of hydrogen-bond donors (Lipinski definition) is 2. The Morgan fingerprint density at radius 1 is 1.21 bits per heavy atom. The second kappa shape index (κ2) is 6.45. The Morgan fingerprint density at radius 3 is 2.75 bits per heavy atom. The first-order valence-corrected chi connectivity index (χ1v) is 7.08. The van der Waals surface area contributed by atoms with Crippen LogP contribution in [0.15, 0.2) is 30.3 Å². The molecule has 0 fully saturated rings. The van der Waals surface area contributed by atoms with Crippen molar-refractivity contribution in [3.05, 3.63) is 35.9 Å². The Kier molecular flexibility index (Phi) is 4.19. The normalized spacial score (nSPS) is 12.5. The summed E-state index contributed by atoms with van der Waals surface area (Å²) in [6.45, 7) is -0.0496. The predicted octanol–water partition coefficient (Wildman–Crippen LogP) is 1.68. The molecule has 0 saturated heterocycles. The maximum Gasteiger partial charge on any atom is 0.263 e. The Labute approximate surface area is 137 Å². The number of pyridine rings is 1. The molecule has 0 radical (unpaired) electrons. The van der Waals surface area contributed by atoms with Crippen LogP contribution in [0.5, 0.6) is 17.2 Å². The number of fused-ring (bicyclic) bond motifs is 1. The molecular weight excluding hydrogens is 314 g/mol. The third kappa shape index (κ3) is 3.07. The lowest BCUT2D eigenvalue weighted by atomic mass is 10.2. The van der Waals surface area contributed by atoms with Gasteiger partial charge in [-0.15, -0.1) is 0 Å². The number of hydrogen-bond acceptors (Lipinski definition) is 6. The van der Waals surface area contributed by atoms with Gasteiger partial charge in [-0.05, 0) is 30.3 Å². The van der Waals surface area contributed by atoms with E-state index in [1.54, 1.807) is 30.3 Å². The molecule has 24 heavy (non-hydrogen) atoms. The molecule has 0 spiro atoms. The van der Waals surface area contributed by atoms with Crippen LogP contribution in [0.1, 0.15) is 10.4 Å². The monoisotopic (exact) mass is 329 g/mol. The first kappa shape index (κ1) is 15.6. The molecule has 1 aliphatic heterocycles. The fourth-order valence-corrected chi connectivity index (χ4v) is 2.20. The van der Waals surface area contributed by atoms with Crippen LogP contribution >= 0.6 is 0 Å². The SMILES string of the molecule is COc1ccc(C(=O)Nc2ccc3c(n2)NC(=O)CO3)cc1OC. The third-order valence-corrected chi connectivity index (χ3v) is 3.36. The Bertz CT molecular complexity index is 806. The molecule has 1 aromatic carbocycles. The topological polar surface area (TPSA) is 98.8 Å². The molecular formula is C16H15N3O5. The van der Waals surface area contributed by atoms with E-state index in [4.69, 9.17) is 14.2 Å². The summed E-state index contributed by atoms with van der Waals surface area (Å²) in [7, 11) is 3.01. The second-order valence-electron chi connectivity index (χ2n) is 4.90. The van der Waals surface area contributed by atoms with Gasteiger partial charge in [0.1, 0.15) is 5.82 Å². The smallest absolute Gasteiger partial charge is 0.263 e. The number of carbonyl (C=O) groups excluding carboxylic acids is 2. The van der Waals surface area contributed by atoms with Crippen molar-refractivity contribution in [1.29, 1.82) is 0 Å². The van der Waals surface area contributed by atoms with E-state index in [-0.39, 0.29) is 24.2 Å². The van der Waals surface area contributed by atoms with Crippen LogP contribution < -0.4 is 24.8 Å². The van der Waals surface area contributed by atoms with Crippen molar-refractivity contribution < 1.29 is 23.8 Å². The zero-order valence-corrected chi connectivity index (χ0v) is 13.1. The summed E-state index contributed by atoms with van der Waals surface area (Å²) in [6, 6.07) is 8.04. The van der Waals surface area contributed by atoms with E-state index in [1.807, 2.05) is 0 Å². The van der Waals surface area contributed by atoms with E-state index in [9.17, 15) is 9.59 Å². The molecule has 124 valence electrons. The predicted molar refractivity (Wildman–Crippen MR) is 85.9 cm³/mol. The van der Waals surface area contributed by atoms with Crippen molar-refractivity contribution in [3.8, 4) is 17.2 Å². The molecule has 1 aromatic heterocycles. The second-order valence-corrected chi connectivity index (χ2v) is 4.90. The van der Waals surface area contributed by atoms with Gasteiger partial charge in [0.05, 0.1) is 14.2 Å². The van der Waals surface area contributed by atoms with Crippen molar-refractivity contribution in [2.24, 2.45) is 0 Å². The molecule has 2 heterocycles. The van der Waals surface area contributed by atoms with Gasteiger partial charge >= 0.3 is 0 Å². The highest BCUT2D eigenvalue weighted by molar-refractivity contribution is 6.04. The van der Waals surface area contributed by atoms with Gasteiger partial charge in [0.25, 0.3) is 11.8 Å². The highest BCUT2D eigenvalue weighted by atomic mass is 16.5. The largest absolute Gasteiger partial charge is 0.493 e. The Balaban J connectivity index is 1.80. The average molecular weight is 329 g/mol. The molecule has 2 N–H and O–H groups in total. The minimum Gasteiger partial charge on any atom is -0.493 e. The van der Waals surface area contributed by atoms with Crippen molar-refractivity contribution in [2.45, 2.75) is 0 Å². The summed E-state index contributed by atoms with van der Waals surface area (Å²) in [6.07, 6.45) is 0. The number of benzene rings is 1. The maximum atomic E-state index is 12.3. The lowest BCUT2D eigenvalue weighted by Gasteiger charge is -2.17. The Morgan fingerprint density at radius 2 is 2.00 bits per heavy atom. The standard InChI is InChI=1S/C16H15N3O5/c1-22-10-4-3-9(7-12(10)23-2)16(21)18-13-6-5-11-15(17-13)19-14(20)8-24-11/h3-7H,8H2,1-2H3,(H2,17,18,19,20,21). The fraction of sp³-hybridized carbons (Fsp3) is 0.188. The maximum absolute atomic E-state index is 12.3. The molecule has 0 aliphatic carbocycles. The lowest BCUT2D eigenvalue weighted by molar-refractivity contribution is -0.118. The molecule has 2 aromatic rings. The number of rotatable bonds is 4. The first-order valence-electron chi connectivity index (χ1n) is 7.08. The van der Waals surface area contributed by atoms with E-state index >= 15 is 0 Å². The quantitative estimate of drug-likeness (QED) is 0.885. The molecule has 1 aliphatic rings. The van der Waals surface area contributed by atoms with Crippen LogP contribution in [-0.4, -0.2) is 37.6 Å². The summed E-state index contributed by atoms with van der Waals surface area (Å²) < 4.78 is 15.5. The highest BCUT2D eigenvalue weighted by Gasteiger charge is 2.18. The van der Waals surface area contributed by atoms with Crippen molar-refractivity contribution in [1.82, 2.24) is 4.98 Å².